The third-order valence-electron chi connectivity index (χ3n) is 5.25. The van der Waals surface area contributed by atoms with Crippen LogP contribution in [0, 0.1) is 5.92 Å². The molecule has 0 radical (unpaired) electrons. The van der Waals surface area contributed by atoms with Gasteiger partial charge >= 0.3 is 18.9 Å². The molecule has 1 aromatic carbocycles. The molecule has 102 valence electrons. The summed E-state index contributed by atoms with van der Waals surface area (Å²) in [5.41, 5.74) is 3.95. The fraction of sp³-hybridized carbons (Fsp3) is 0.529. The van der Waals surface area contributed by atoms with Crippen LogP contribution in [0.5, 0.6) is 5.75 Å². The van der Waals surface area contributed by atoms with Crippen LogP contribution in [0.2, 0.25) is 0 Å². The summed E-state index contributed by atoms with van der Waals surface area (Å²) in [6.07, 6.45) is 3.75. The molecule has 0 amide bonds. The maximum absolute atomic E-state index is 12.0. The van der Waals surface area contributed by atoms with Crippen LogP contribution in [0.25, 0.3) is 0 Å². The van der Waals surface area contributed by atoms with Crippen molar-refractivity contribution in [1.82, 2.24) is 0 Å². The van der Waals surface area contributed by atoms with E-state index in [1.807, 2.05) is 13.0 Å². The largest absolute Gasteiger partial charge is 1.00 e. The normalized spacial score (nSPS) is 28.2. The van der Waals surface area contributed by atoms with E-state index in [4.69, 9.17) is 4.74 Å². The summed E-state index contributed by atoms with van der Waals surface area (Å²) in [5, 5.41) is 12.0. The molecular weight excluding hydrogens is 243 g/mol. The van der Waals surface area contributed by atoms with E-state index in [1.165, 1.54) is 11.1 Å². The second kappa shape index (κ2) is 5.51. The molecule has 2 aliphatic carbocycles. The Hall–Kier alpha value is -0.843. The third-order valence-corrected chi connectivity index (χ3v) is 5.25. The summed E-state index contributed by atoms with van der Waals surface area (Å²) < 4.78 is 5.51. The predicted molar refractivity (Wildman–Crippen MR) is 74.1 cm³/mol. The van der Waals surface area contributed by atoms with E-state index in [0.717, 1.165) is 30.6 Å². The molecule has 0 aliphatic heterocycles. The second-order valence-electron chi connectivity index (χ2n) is 6.10. The Balaban J connectivity index is 0.00000147. The SMILES string of the molecule is COc1cccc2c1CC[C@H]1C(C)=C([O-])CC[C@]21C.[Li+]. The van der Waals surface area contributed by atoms with Gasteiger partial charge in [-0.1, -0.05) is 24.6 Å². The molecule has 0 aromatic heterocycles. The summed E-state index contributed by atoms with van der Waals surface area (Å²) in [5.74, 6) is 1.79. The standard InChI is InChI=1S/C17H22O2.Li/c1-11-13-8-7-12-14(5-4-6-16(12)19-3)17(13,2)10-9-15(11)18;/h4-6,13,18H,7-10H2,1-3H3;/q;+1/p-1/t13-,17-;/m0./s1. The zero-order chi connectivity index (χ0) is 13.6. The van der Waals surface area contributed by atoms with Crippen molar-refractivity contribution >= 4 is 0 Å². The molecule has 0 saturated carbocycles. The molecule has 3 heteroatoms. The van der Waals surface area contributed by atoms with E-state index in [0.29, 0.717) is 18.1 Å². The van der Waals surface area contributed by atoms with Crippen LogP contribution in [-0.2, 0) is 11.8 Å². The first kappa shape index (κ1) is 15.5. The number of allylic oxidation sites excluding steroid dienone is 2. The van der Waals surface area contributed by atoms with Crippen LogP contribution in [0.1, 0.15) is 44.2 Å². The fourth-order valence-corrected chi connectivity index (χ4v) is 4.11. The molecule has 2 atom stereocenters. The summed E-state index contributed by atoms with van der Waals surface area (Å²) >= 11 is 0. The summed E-state index contributed by atoms with van der Waals surface area (Å²) in [4.78, 5) is 0. The maximum atomic E-state index is 12.0. The van der Waals surface area contributed by atoms with Crippen LogP contribution in [-0.4, -0.2) is 7.11 Å². The van der Waals surface area contributed by atoms with E-state index < -0.39 is 0 Å². The van der Waals surface area contributed by atoms with Crippen molar-refractivity contribution in [3.8, 4) is 5.75 Å². The Morgan fingerprint density at radius 3 is 2.75 bits per heavy atom. The number of rotatable bonds is 1. The first-order valence-corrected chi connectivity index (χ1v) is 7.11. The van der Waals surface area contributed by atoms with Gasteiger partial charge in [0.1, 0.15) is 5.75 Å². The van der Waals surface area contributed by atoms with Gasteiger partial charge in [0.15, 0.2) is 0 Å². The number of methoxy groups -OCH3 is 1. The van der Waals surface area contributed by atoms with Crippen molar-refractivity contribution in [3.63, 3.8) is 0 Å². The summed E-state index contributed by atoms with van der Waals surface area (Å²) in [6.45, 7) is 4.36. The number of ether oxygens (including phenoxy) is 1. The third kappa shape index (κ3) is 2.10. The molecule has 1 aromatic rings. The number of hydrogen-bond acceptors (Lipinski definition) is 2. The molecule has 0 unspecified atom stereocenters. The maximum Gasteiger partial charge on any atom is 1.00 e. The van der Waals surface area contributed by atoms with Gasteiger partial charge in [-0.3, -0.25) is 0 Å². The van der Waals surface area contributed by atoms with Crippen LogP contribution in [0.4, 0.5) is 0 Å². The molecule has 20 heavy (non-hydrogen) atoms. The van der Waals surface area contributed by atoms with Crippen LogP contribution in [0.15, 0.2) is 29.5 Å². The molecule has 0 fully saturated rings. The van der Waals surface area contributed by atoms with E-state index >= 15 is 0 Å². The zero-order valence-corrected chi connectivity index (χ0v) is 13.0. The van der Waals surface area contributed by atoms with Gasteiger partial charge in [0.2, 0.25) is 0 Å². The molecule has 0 bridgehead atoms. The quantitative estimate of drug-likeness (QED) is 0.666. The predicted octanol–water partition coefficient (Wildman–Crippen LogP) is -0.0526. The Morgan fingerprint density at radius 1 is 1.30 bits per heavy atom. The Morgan fingerprint density at radius 2 is 2.05 bits per heavy atom. The van der Waals surface area contributed by atoms with Gasteiger partial charge in [-0.05, 0) is 61.1 Å². The van der Waals surface area contributed by atoms with Gasteiger partial charge in [-0.15, -0.1) is 5.76 Å². The first-order chi connectivity index (χ1) is 9.08. The Labute approximate surface area is 133 Å². The van der Waals surface area contributed by atoms with E-state index in [-0.39, 0.29) is 24.3 Å². The smallest absolute Gasteiger partial charge is 0.875 e. The van der Waals surface area contributed by atoms with Gasteiger partial charge in [-0.2, -0.15) is 0 Å². The van der Waals surface area contributed by atoms with Crippen LogP contribution < -0.4 is 28.7 Å². The zero-order valence-electron chi connectivity index (χ0n) is 13.0. The molecule has 2 nitrogen and oxygen atoms in total. The molecule has 2 aliphatic rings. The van der Waals surface area contributed by atoms with Gasteiger partial charge in [-0.25, -0.2) is 0 Å². The molecule has 0 heterocycles. The van der Waals surface area contributed by atoms with Gasteiger partial charge < -0.3 is 9.84 Å². The van der Waals surface area contributed by atoms with Crippen molar-refractivity contribution in [2.45, 2.75) is 44.9 Å². The summed E-state index contributed by atoms with van der Waals surface area (Å²) in [6, 6.07) is 6.36. The molecule has 0 spiro atoms. The average molecular weight is 264 g/mol. The average Bonchev–Trinajstić information content (AvgIpc) is 2.43. The van der Waals surface area contributed by atoms with E-state index in [2.05, 4.69) is 19.1 Å². The molecular formula is C17H21LiO2. The van der Waals surface area contributed by atoms with Crippen molar-refractivity contribution in [2.75, 3.05) is 7.11 Å². The van der Waals surface area contributed by atoms with Crippen LogP contribution in [0.3, 0.4) is 0 Å². The Kier molecular flexibility index (Phi) is 4.28. The minimum Gasteiger partial charge on any atom is -0.875 e. The number of fused-ring (bicyclic) bond motifs is 3. The van der Waals surface area contributed by atoms with Crippen molar-refractivity contribution < 1.29 is 28.7 Å². The van der Waals surface area contributed by atoms with Crippen molar-refractivity contribution in [3.05, 3.63) is 40.7 Å². The second-order valence-corrected chi connectivity index (χ2v) is 6.10. The first-order valence-electron chi connectivity index (χ1n) is 7.11. The van der Waals surface area contributed by atoms with E-state index in [9.17, 15) is 5.11 Å². The minimum absolute atomic E-state index is 0. The van der Waals surface area contributed by atoms with Gasteiger partial charge in [0.05, 0.1) is 7.11 Å². The van der Waals surface area contributed by atoms with E-state index in [1.54, 1.807) is 7.11 Å². The number of hydrogen-bond donors (Lipinski definition) is 0. The van der Waals surface area contributed by atoms with Gasteiger partial charge in [0, 0.05) is 0 Å². The molecule has 0 saturated heterocycles. The molecule has 3 rings (SSSR count). The summed E-state index contributed by atoms with van der Waals surface area (Å²) in [7, 11) is 1.74. The van der Waals surface area contributed by atoms with Crippen LogP contribution >= 0.6 is 0 Å². The topological polar surface area (TPSA) is 32.3 Å². The number of benzene rings is 1. The minimum atomic E-state index is 0. The van der Waals surface area contributed by atoms with Crippen molar-refractivity contribution in [1.29, 1.82) is 0 Å². The Bertz CT molecular complexity index is 550. The molecule has 0 N–H and O–H groups in total. The monoisotopic (exact) mass is 264 g/mol. The van der Waals surface area contributed by atoms with Gasteiger partial charge in [0.25, 0.3) is 0 Å². The van der Waals surface area contributed by atoms with Crippen molar-refractivity contribution in [2.24, 2.45) is 5.92 Å². The fourth-order valence-electron chi connectivity index (χ4n) is 4.11.